The highest BCUT2D eigenvalue weighted by Crippen LogP contribution is 2.20. The Morgan fingerprint density at radius 3 is 2.66 bits per heavy atom. The van der Waals surface area contributed by atoms with Gasteiger partial charge in [-0.15, -0.1) is 0 Å². The molecule has 154 valence electrons. The molecule has 2 aromatic rings. The molecule has 1 amide bonds. The van der Waals surface area contributed by atoms with E-state index in [1.54, 1.807) is 18.5 Å². The van der Waals surface area contributed by atoms with E-state index in [1.807, 2.05) is 37.3 Å². The van der Waals surface area contributed by atoms with Gasteiger partial charge in [0.1, 0.15) is 5.56 Å². The van der Waals surface area contributed by atoms with Crippen LogP contribution in [-0.2, 0) is 9.53 Å². The third kappa shape index (κ3) is 5.13. The Morgan fingerprint density at radius 1 is 1.21 bits per heavy atom. The van der Waals surface area contributed by atoms with Crippen LogP contribution in [0.4, 0.5) is 0 Å². The third-order valence-electron chi connectivity index (χ3n) is 5.28. The molecule has 29 heavy (non-hydrogen) atoms. The summed E-state index contributed by atoms with van der Waals surface area (Å²) in [6.07, 6.45) is 6.99. The van der Waals surface area contributed by atoms with Crippen molar-refractivity contribution in [3.05, 3.63) is 58.9 Å². The molecule has 0 radical (unpaired) electrons. The lowest BCUT2D eigenvalue weighted by Crippen LogP contribution is -2.36. The number of hydrogen-bond acceptors (Lipinski definition) is 4. The number of ether oxygens (including phenoxy) is 1. The van der Waals surface area contributed by atoms with Gasteiger partial charge in [-0.1, -0.05) is 29.8 Å². The first kappa shape index (κ1) is 20.8. The minimum absolute atomic E-state index is 0.277. The van der Waals surface area contributed by atoms with Crippen molar-refractivity contribution < 1.29 is 14.3 Å². The van der Waals surface area contributed by atoms with E-state index >= 15 is 0 Å². The fraction of sp³-hybridized carbons (Fsp3) is 0.435. The molecule has 0 bridgehead atoms. The van der Waals surface area contributed by atoms with Crippen LogP contribution in [0.1, 0.15) is 60.8 Å². The van der Waals surface area contributed by atoms with Crippen LogP contribution in [0, 0.1) is 13.8 Å². The van der Waals surface area contributed by atoms with Gasteiger partial charge in [0.05, 0.1) is 17.1 Å². The average molecular weight is 396 g/mol. The number of aromatic nitrogens is 2. The van der Waals surface area contributed by atoms with Gasteiger partial charge in [0.2, 0.25) is 0 Å². The molecule has 1 aliphatic rings. The molecule has 0 fully saturated rings. The van der Waals surface area contributed by atoms with Crippen LogP contribution in [-0.4, -0.2) is 34.3 Å². The maximum Gasteiger partial charge on any atom is 0.342 e. The number of nitrogens with one attached hydrogen (secondary N) is 1. The summed E-state index contributed by atoms with van der Waals surface area (Å²) in [5.74, 6) is -0.805. The van der Waals surface area contributed by atoms with Gasteiger partial charge in [-0.05, 0) is 65.0 Å². The lowest BCUT2D eigenvalue weighted by Gasteiger charge is -2.16. The Labute approximate surface area is 171 Å². The summed E-state index contributed by atoms with van der Waals surface area (Å²) >= 11 is 0. The topological polar surface area (TPSA) is 73.2 Å². The highest BCUT2D eigenvalue weighted by Gasteiger charge is 2.25. The van der Waals surface area contributed by atoms with Crippen LogP contribution in [0.25, 0.3) is 5.69 Å². The largest absolute Gasteiger partial charge is 0.449 e. The Balaban J connectivity index is 1.58. The number of esters is 1. The molecule has 0 spiro atoms. The highest BCUT2D eigenvalue weighted by atomic mass is 16.5. The van der Waals surface area contributed by atoms with Crippen LogP contribution in [0.3, 0.4) is 0 Å². The van der Waals surface area contributed by atoms with Crippen molar-refractivity contribution in [2.75, 3.05) is 6.54 Å². The number of carbonyl (C=O) groups excluding carboxylic acids is 2. The summed E-state index contributed by atoms with van der Waals surface area (Å²) in [6.45, 7) is 5.76. The van der Waals surface area contributed by atoms with E-state index in [0.717, 1.165) is 24.9 Å². The number of benzene rings is 1. The van der Waals surface area contributed by atoms with Gasteiger partial charge in [0.25, 0.3) is 5.91 Å². The van der Waals surface area contributed by atoms with Gasteiger partial charge >= 0.3 is 5.97 Å². The quantitative estimate of drug-likeness (QED) is 0.567. The first-order chi connectivity index (χ1) is 14.0. The maximum atomic E-state index is 12.7. The molecule has 1 aliphatic carbocycles. The van der Waals surface area contributed by atoms with Crippen LogP contribution in [0.2, 0.25) is 0 Å². The zero-order valence-corrected chi connectivity index (χ0v) is 17.4. The lowest BCUT2D eigenvalue weighted by atomic mass is 9.97. The Hall–Kier alpha value is -2.89. The predicted molar refractivity (Wildman–Crippen MR) is 112 cm³/mol. The summed E-state index contributed by atoms with van der Waals surface area (Å²) in [7, 11) is 0. The molecular formula is C23H29N3O3. The number of carbonyl (C=O) groups is 2. The van der Waals surface area contributed by atoms with Crippen LogP contribution in [0.15, 0.2) is 42.0 Å². The number of amides is 1. The second kappa shape index (κ2) is 9.54. The predicted octanol–water partition coefficient (Wildman–Crippen LogP) is 4.04. The lowest BCUT2D eigenvalue weighted by molar-refractivity contribution is -0.129. The minimum Gasteiger partial charge on any atom is -0.449 e. The van der Waals surface area contributed by atoms with E-state index in [-0.39, 0.29) is 5.91 Å². The number of hydrogen-bond donors (Lipinski definition) is 1. The second-order valence-corrected chi connectivity index (χ2v) is 7.49. The van der Waals surface area contributed by atoms with Gasteiger partial charge in [-0.25, -0.2) is 9.48 Å². The number of rotatable bonds is 7. The summed E-state index contributed by atoms with van der Waals surface area (Å²) in [4.78, 5) is 25.0. The van der Waals surface area contributed by atoms with E-state index in [4.69, 9.17) is 4.74 Å². The molecule has 0 saturated carbocycles. The molecule has 1 heterocycles. The third-order valence-corrected chi connectivity index (χ3v) is 5.28. The molecule has 0 aliphatic heterocycles. The van der Waals surface area contributed by atoms with Crippen molar-refractivity contribution in [3.63, 3.8) is 0 Å². The second-order valence-electron chi connectivity index (χ2n) is 7.49. The van der Waals surface area contributed by atoms with Gasteiger partial charge in [-0.3, -0.25) is 4.79 Å². The van der Waals surface area contributed by atoms with E-state index < -0.39 is 12.1 Å². The number of para-hydroxylation sites is 1. The molecular weight excluding hydrogens is 366 g/mol. The zero-order valence-electron chi connectivity index (χ0n) is 17.4. The van der Waals surface area contributed by atoms with Crippen LogP contribution in [0.5, 0.6) is 0 Å². The van der Waals surface area contributed by atoms with Gasteiger partial charge < -0.3 is 10.1 Å². The molecule has 6 nitrogen and oxygen atoms in total. The first-order valence-corrected chi connectivity index (χ1v) is 10.3. The monoisotopic (exact) mass is 395 g/mol. The molecule has 1 aromatic heterocycles. The standard InChI is InChI=1S/C23H29N3O3/c1-16-21(17(2)26(25-16)20-12-8-5-9-13-20)23(28)29-18(3)22(27)24-15-14-19-10-6-4-7-11-19/h5,8-10,12-13,18H,4,6-7,11,14-15H2,1-3H3,(H,24,27)/t18-/m0/s1. The van der Waals surface area contributed by atoms with Gasteiger partial charge in [0, 0.05) is 6.54 Å². The minimum atomic E-state index is -0.860. The summed E-state index contributed by atoms with van der Waals surface area (Å²) in [6, 6.07) is 9.60. The van der Waals surface area contributed by atoms with Crippen LogP contribution >= 0.6 is 0 Å². The highest BCUT2D eigenvalue weighted by molar-refractivity contribution is 5.94. The average Bonchev–Trinajstić information content (AvgIpc) is 3.03. The molecule has 6 heteroatoms. The normalized spacial score (nSPS) is 14.8. The molecule has 3 rings (SSSR count). The smallest absolute Gasteiger partial charge is 0.342 e. The fourth-order valence-electron chi connectivity index (χ4n) is 3.65. The van der Waals surface area contributed by atoms with Crippen molar-refractivity contribution in [3.8, 4) is 5.69 Å². The zero-order chi connectivity index (χ0) is 20.8. The number of allylic oxidation sites excluding steroid dienone is 1. The van der Waals surface area contributed by atoms with Gasteiger partial charge in [0.15, 0.2) is 6.10 Å². The summed E-state index contributed by atoms with van der Waals surface area (Å²) < 4.78 is 7.15. The van der Waals surface area contributed by atoms with Crippen molar-refractivity contribution in [2.24, 2.45) is 0 Å². The number of nitrogens with zero attached hydrogens (tertiary/aromatic N) is 2. The molecule has 1 atom stereocenters. The molecule has 0 unspecified atom stereocenters. The maximum absolute atomic E-state index is 12.7. The Bertz CT molecular complexity index is 900. The van der Waals surface area contributed by atoms with E-state index in [9.17, 15) is 9.59 Å². The fourth-order valence-corrected chi connectivity index (χ4v) is 3.65. The van der Waals surface area contributed by atoms with Crippen molar-refractivity contribution in [1.29, 1.82) is 0 Å². The van der Waals surface area contributed by atoms with Crippen molar-refractivity contribution in [2.45, 2.75) is 59.0 Å². The summed E-state index contributed by atoms with van der Waals surface area (Å²) in [5.41, 5.74) is 3.94. The summed E-state index contributed by atoms with van der Waals surface area (Å²) in [5, 5.41) is 7.33. The molecule has 1 N–H and O–H groups in total. The first-order valence-electron chi connectivity index (χ1n) is 10.3. The van der Waals surface area contributed by atoms with Crippen molar-refractivity contribution in [1.82, 2.24) is 15.1 Å². The van der Waals surface area contributed by atoms with Crippen LogP contribution < -0.4 is 5.32 Å². The van der Waals surface area contributed by atoms with E-state index in [0.29, 0.717) is 23.5 Å². The number of aryl methyl sites for hydroxylation is 1. The molecule has 0 saturated heterocycles. The Kier molecular flexibility index (Phi) is 6.86. The molecule has 1 aromatic carbocycles. The van der Waals surface area contributed by atoms with E-state index in [1.165, 1.54) is 18.4 Å². The van der Waals surface area contributed by atoms with E-state index in [2.05, 4.69) is 16.5 Å². The SMILES string of the molecule is Cc1nn(-c2ccccc2)c(C)c1C(=O)O[C@@H](C)C(=O)NCCC1=CCCCC1. The van der Waals surface area contributed by atoms with Gasteiger partial charge in [-0.2, -0.15) is 5.10 Å². The Morgan fingerprint density at radius 2 is 1.97 bits per heavy atom. The van der Waals surface area contributed by atoms with Crippen molar-refractivity contribution >= 4 is 11.9 Å².